The summed E-state index contributed by atoms with van der Waals surface area (Å²) in [7, 11) is 0. The molecule has 1 aliphatic heterocycles. The average Bonchev–Trinajstić information content (AvgIpc) is 2.67. The van der Waals surface area contributed by atoms with Gasteiger partial charge in [0.05, 0.1) is 5.56 Å². The first-order valence-corrected chi connectivity index (χ1v) is 10.0. The lowest BCUT2D eigenvalue weighted by Gasteiger charge is -2.32. The van der Waals surface area contributed by atoms with Gasteiger partial charge in [-0.2, -0.15) is 13.2 Å². The summed E-state index contributed by atoms with van der Waals surface area (Å²) in [6.45, 7) is 7.01. The summed E-state index contributed by atoms with van der Waals surface area (Å²) in [5.74, 6) is 1.70. The zero-order valence-corrected chi connectivity index (χ0v) is 16.5. The number of benzene rings is 1. The molecule has 152 valence electrons. The van der Waals surface area contributed by atoms with E-state index in [4.69, 9.17) is 0 Å². The number of alkyl halides is 3. The van der Waals surface area contributed by atoms with Crippen molar-refractivity contribution in [3.63, 3.8) is 0 Å². The summed E-state index contributed by atoms with van der Waals surface area (Å²) < 4.78 is 38.6. The molecular formula is C22H28F3N3. The largest absolute Gasteiger partial charge is 0.416 e. The van der Waals surface area contributed by atoms with Crippen molar-refractivity contribution >= 4 is 0 Å². The number of rotatable bonds is 6. The predicted octanol–water partition coefficient (Wildman–Crippen LogP) is 5.46. The standard InChI is InChI=1S/C22H28F3N3/c1-16(2)21-26-12-19(13-27-21)15-28-10-4-6-18(14-28)9-8-17-5-3-7-20(11-17)22(23,24)25/h3,5,7,11-13,16,18H,4,6,8-10,14-15H2,1-2H3. The molecule has 3 rings (SSSR count). The highest BCUT2D eigenvalue weighted by atomic mass is 19.4. The summed E-state index contributed by atoms with van der Waals surface area (Å²) in [5, 5.41) is 0. The molecule has 0 bridgehead atoms. The van der Waals surface area contributed by atoms with Crippen molar-refractivity contribution in [1.29, 1.82) is 0 Å². The number of aromatic nitrogens is 2. The van der Waals surface area contributed by atoms with E-state index >= 15 is 0 Å². The highest BCUT2D eigenvalue weighted by Gasteiger charge is 2.30. The summed E-state index contributed by atoms with van der Waals surface area (Å²) in [6.07, 6.45) is 3.42. The fourth-order valence-corrected chi connectivity index (χ4v) is 3.81. The highest BCUT2D eigenvalue weighted by molar-refractivity contribution is 5.25. The second-order valence-corrected chi connectivity index (χ2v) is 8.08. The smallest absolute Gasteiger partial charge is 0.299 e. The number of piperidine rings is 1. The van der Waals surface area contributed by atoms with E-state index in [0.717, 1.165) is 61.9 Å². The molecule has 0 amide bonds. The van der Waals surface area contributed by atoms with Crippen molar-refractivity contribution in [2.45, 2.75) is 58.2 Å². The third-order valence-corrected chi connectivity index (χ3v) is 5.35. The van der Waals surface area contributed by atoms with Gasteiger partial charge in [0, 0.05) is 37.0 Å². The van der Waals surface area contributed by atoms with Crippen molar-refractivity contribution in [2.24, 2.45) is 5.92 Å². The van der Waals surface area contributed by atoms with Gasteiger partial charge in [-0.3, -0.25) is 4.90 Å². The van der Waals surface area contributed by atoms with Crippen LogP contribution in [0, 0.1) is 5.92 Å². The Balaban J connectivity index is 1.52. The second kappa shape index (κ2) is 9.03. The lowest BCUT2D eigenvalue weighted by Crippen LogP contribution is -2.35. The van der Waals surface area contributed by atoms with Crippen LogP contribution in [0.2, 0.25) is 0 Å². The molecule has 3 nitrogen and oxygen atoms in total. The first-order valence-electron chi connectivity index (χ1n) is 10.0. The van der Waals surface area contributed by atoms with E-state index in [-0.39, 0.29) is 0 Å². The normalized spacial score (nSPS) is 18.6. The number of hydrogen-bond acceptors (Lipinski definition) is 3. The van der Waals surface area contributed by atoms with Crippen molar-refractivity contribution < 1.29 is 13.2 Å². The lowest BCUT2D eigenvalue weighted by molar-refractivity contribution is -0.137. The average molecular weight is 391 g/mol. The Kier molecular flexibility index (Phi) is 6.70. The Hall–Kier alpha value is -1.95. The van der Waals surface area contributed by atoms with E-state index in [9.17, 15) is 13.2 Å². The van der Waals surface area contributed by atoms with Crippen LogP contribution in [0.1, 0.15) is 61.5 Å². The Morgan fingerprint density at radius 2 is 1.89 bits per heavy atom. The maximum Gasteiger partial charge on any atom is 0.416 e. The number of halogens is 3. The molecular weight excluding hydrogens is 363 g/mol. The molecule has 1 aromatic heterocycles. The van der Waals surface area contributed by atoms with Crippen LogP contribution in [0.3, 0.4) is 0 Å². The highest BCUT2D eigenvalue weighted by Crippen LogP contribution is 2.30. The predicted molar refractivity (Wildman–Crippen MR) is 104 cm³/mol. The molecule has 0 N–H and O–H groups in total. The van der Waals surface area contributed by atoms with Gasteiger partial charge in [-0.25, -0.2) is 9.97 Å². The monoisotopic (exact) mass is 391 g/mol. The van der Waals surface area contributed by atoms with Crippen LogP contribution in [0.15, 0.2) is 36.7 Å². The molecule has 1 fully saturated rings. The van der Waals surface area contributed by atoms with Crippen molar-refractivity contribution in [1.82, 2.24) is 14.9 Å². The van der Waals surface area contributed by atoms with Crippen molar-refractivity contribution in [3.8, 4) is 0 Å². The molecule has 0 radical (unpaired) electrons. The van der Waals surface area contributed by atoms with E-state index in [2.05, 4.69) is 28.7 Å². The number of nitrogens with zero attached hydrogens (tertiary/aromatic N) is 3. The molecule has 0 aliphatic carbocycles. The van der Waals surface area contributed by atoms with Crippen LogP contribution in [0.25, 0.3) is 0 Å². The van der Waals surface area contributed by atoms with Crippen LogP contribution >= 0.6 is 0 Å². The zero-order chi connectivity index (χ0) is 20.1. The van der Waals surface area contributed by atoms with Crippen LogP contribution in [-0.4, -0.2) is 28.0 Å². The molecule has 0 spiro atoms. The number of aryl methyl sites for hydroxylation is 1. The minimum atomic E-state index is -4.27. The quantitative estimate of drug-likeness (QED) is 0.654. The molecule has 1 aliphatic rings. The summed E-state index contributed by atoms with van der Waals surface area (Å²) in [5.41, 5.74) is 1.33. The van der Waals surface area contributed by atoms with Gasteiger partial charge in [0.15, 0.2) is 0 Å². The van der Waals surface area contributed by atoms with Crippen LogP contribution in [0.4, 0.5) is 13.2 Å². The zero-order valence-electron chi connectivity index (χ0n) is 16.5. The molecule has 2 aromatic rings. The molecule has 1 saturated heterocycles. The van der Waals surface area contributed by atoms with Crippen molar-refractivity contribution in [3.05, 3.63) is 59.2 Å². The van der Waals surface area contributed by atoms with E-state index < -0.39 is 11.7 Å². The maximum absolute atomic E-state index is 12.9. The number of likely N-dealkylation sites (tertiary alicyclic amines) is 1. The molecule has 28 heavy (non-hydrogen) atoms. The first-order chi connectivity index (χ1) is 13.3. The van der Waals surface area contributed by atoms with Crippen LogP contribution in [-0.2, 0) is 19.1 Å². The minimum absolute atomic E-state index is 0.323. The third kappa shape index (κ3) is 5.77. The fraction of sp³-hybridized carbons (Fsp3) is 0.545. The molecule has 1 atom stereocenters. The van der Waals surface area contributed by atoms with Gasteiger partial charge in [-0.15, -0.1) is 0 Å². The van der Waals surface area contributed by atoms with Gasteiger partial charge >= 0.3 is 6.18 Å². The van der Waals surface area contributed by atoms with E-state index in [1.807, 2.05) is 12.4 Å². The number of hydrogen-bond donors (Lipinski definition) is 0. The summed E-state index contributed by atoms with van der Waals surface area (Å²) >= 11 is 0. The van der Waals surface area contributed by atoms with E-state index in [1.54, 1.807) is 6.07 Å². The minimum Gasteiger partial charge on any atom is -0.299 e. The Morgan fingerprint density at radius 3 is 2.57 bits per heavy atom. The van der Waals surface area contributed by atoms with Gasteiger partial charge in [0.25, 0.3) is 0 Å². The third-order valence-electron chi connectivity index (χ3n) is 5.35. The van der Waals surface area contributed by atoms with Crippen LogP contribution < -0.4 is 0 Å². The first kappa shape index (κ1) is 20.8. The van der Waals surface area contributed by atoms with Gasteiger partial charge in [0.2, 0.25) is 0 Å². The Bertz CT molecular complexity index is 756. The van der Waals surface area contributed by atoms with Gasteiger partial charge in [-0.05, 0) is 49.8 Å². The topological polar surface area (TPSA) is 29.0 Å². The fourth-order valence-electron chi connectivity index (χ4n) is 3.81. The Morgan fingerprint density at radius 1 is 1.14 bits per heavy atom. The lowest BCUT2D eigenvalue weighted by atomic mass is 9.91. The Labute approximate surface area is 165 Å². The molecule has 2 heterocycles. The summed E-state index contributed by atoms with van der Waals surface area (Å²) in [6, 6.07) is 5.72. The maximum atomic E-state index is 12.9. The van der Waals surface area contributed by atoms with Gasteiger partial charge < -0.3 is 0 Å². The van der Waals surface area contributed by atoms with E-state index in [1.165, 1.54) is 12.1 Å². The van der Waals surface area contributed by atoms with Crippen LogP contribution in [0.5, 0.6) is 0 Å². The van der Waals surface area contributed by atoms with Gasteiger partial charge in [-0.1, -0.05) is 32.0 Å². The molecule has 0 saturated carbocycles. The second-order valence-electron chi connectivity index (χ2n) is 8.08. The van der Waals surface area contributed by atoms with E-state index in [0.29, 0.717) is 18.3 Å². The summed E-state index contributed by atoms with van der Waals surface area (Å²) in [4.78, 5) is 11.3. The van der Waals surface area contributed by atoms with Gasteiger partial charge in [0.1, 0.15) is 5.82 Å². The molecule has 6 heteroatoms. The molecule has 1 unspecified atom stereocenters. The molecule has 1 aromatic carbocycles. The van der Waals surface area contributed by atoms with Crippen molar-refractivity contribution in [2.75, 3.05) is 13.1 Å². The SMILES string of the molecule is CC(C)c1ncc(CN2CCCC(CCc3cccc(C(F)(F)F)c3)C2)cn1.